The van der Waals surface area contributed by atoms with Gasteiger partial charge in [0, 0.05) is 37.3 Å². The quantitative estimate of drug-likeness (QED) is 0.394. The van der Waals surface area contributed by atoms with E-state index in [2.05, 4.69) is 24.9 Å². The average molecular weight is 566 g/mol. The molecule has 2 N–H and O–H groups in total. The van der Waals surface area contributed by atoms with Gasteiger partial charge in [0.25, 0.3) is 0 Å². The summed E-state index contributed by atoms with van der Waals surface area (Å²) in [6, 6.07) is 5.12. The molecule has 38 heavy (non-hydrogen) atoms. The molecule has 2 aromatic heterocycles. The fraction of sp³-hybridized carbons (Fsp3) is 0.435. The van der Waals surface area contributed by atoms with Crippen molar-refractivity contribution in [2.24, 2.45) is 0 Å². The molecule has 0 bridgehead atoms. The first-order valence-corrected chi connectivity index (χ1v) is 13.6. The lowest BCUT2D eigenvalue weighted by atomic mass is 10.1. The minimum Gasteiger partial charge on any atom is -0.494 e. The number of methoxy groups -OCH3 is 2. The smallest absolute Gasteiger partial charge is 0.407 e. The van der Waals surface area contributed by atoms with Crippen molar-refractivity contribution in [3.05, 3.63) is 47.3 Å². The number of hydrogen-bond donors (Lipinski definition) is 2. The number of carboxylic acid groups (broad SMARTS) is 1. The van der Waals surface area contributed by atoms with Crippen LogP contribution in [0, 0.1) is 0 Å². The number of aromatic nitrogens is 5. The molecule has 204 valence electrons. The lowest BCUT2D eigenvalue weighted by molar-refractivity contribution is 0.155. The van der Waals surface area contributed by atoms with Crippen LogP contribution in [0.1, 0.15) is 43.8 Å². The molecule has 1 aliphatic rings. The SMILES string of the molecule is COc1cccc(OC)c1-n1c(NS(=O)(=O)[C@@H](C)[C@H](C)c2ncc(Cl)cn2)nnc1[C@@H]1CCN(C(=O)O)C1. The van der Waals surface area contributed by atoms with Crippen LogP contribution in [0.25, 0.3) is 5.69 Å². The van der Waals surface area contributed by atoms with Gasteiger partial charge in [-0.25, -0.2) is 23.2 Å². The third-order valence-electron chi connectivity index (χ3n) is 6.61. The van der Waals surface area contributed by atoms with E-state index < -0.39 is 27.3 Å². The maximum absolute atomic E-state index is 13.5. The zero-order chi connectivity index (χ0) is 27.6. The normalized spacial score (nSPS) is 17.2. The highest BCUT2D eigenvalue weighted by Gasteiger charge is 2.36. The number of rotatable bonds is 9. The summed E-state index contributed by atoms with van der Waals surface area (Å²) in [7, 11) is -1.10. The molecule has 1 aromatic carbocycles. The number of ether oxygens (including phenoxy) is 2. The first-order chi connectivity index (χ1) is 18.1. The standard InChI is InChI=1S/C23H28ClN7O6S/c1-13(20-25-10-16(24)11-26-20)14(2)38(34,35)29-22-28-27-21(15-8-9-30(12-15)23(32)33)31(22)19-17(36-3)6-5-7-18(19)37-4/h5-7,10-11,13-15H,8-9,12H2,1-4H3,(H,28,29)(H,32,33)/t13-,14-,15+/m0/s1. The Bertz CT molecular complexity index is 1390. The van der Waals surface area contributed by atoms with E-state index in [0.717, 1.165) is 0 Å². The summed E-state index contributed by atoms with van der Waals surface area (Å²) in [5.41, 5.74) is 0.380. The van der Waals surface area contributed by atoms with Gasteiger partial charge in [-0.2, -0.15) is 0 Å². The Hall–Kier alpha value is -3.65. The van der Waals surface area contributed by atoms with Crippen LogP contribution in [0.3, 0.4) is 0 Å². The molecular formula is C23H28ClN7O6S. The van der Waals surface area contributed by atoms with E-state index in [-0.39, 0.29) is 18.4 Å². The topological polar surface area (TPSA) is 162 Å². The zero-order valence-electron chi connectivity index (χ0n) is 21.2. The third kappa shape index (κ3) is 5.31. The molecule has 4 rings (SSSR count). The van der Waals surface area contributed by atoms with E-state index >= 15 is 0 Å². The maximum Gasteiger partial charge on any atom is 0.407 e. The van der Waals surface area contributed by atoms with Gasteiger partial charge < -0.3 is 19.5 Å². The Morgan fingerprint density at radius 3 is 2.34 bits per heavy atom. The Morgan fingerprint density at radius 1 is 1.16 bits per heavy atom. The molecule has 0 saturated carbocycles. The lowest BCUT2D eigenvalue weighted by Crippen LogP contribution is -2.31. The molecule has 0 spiro atoms. The van der Waals surface area contributed by atoms with Crippen molar-refractivity contribution in [3.8, 4) is 17.2 Å². The van der Waals surface area contributed by atoms with E-state index in [1.165, 1.54) is 43.0 Å². The fourth-order valence-corrected chi connectivity index (χ4v) is 5.63. The molecule has 13 nitrogen and oxygen atoms in total. The second kappa shape index (κ2) is 11.0. The molecule has 3 aromatic rings. The van der Waals surface area contributed by atoms with Crippen molar-refractivity contribution >= 4 is 33.7 Å². The molecular weight excluding hydrogens is 538 g/mol. The number of likely N-dealkylation sites (tertiary alicyclic amines) is 1. The van der Waals surface area contributed by atoms with Gasteiger partial charge in [0.15, 0.2) is 0 Å². The van der Waals surface area contributed by atoms with Crippen LogP contribution in [0.4, 0.5) is 10.7 Å². The van der Waals surface area contributed by atoms with Crippen LogP contribution in [-0.2, 0) is 10.0 Å². The number of amides is 1. The van der Waals surface area contributed by atoms with Crippen LogP contribution in [0.5, 0.6) is 11.5 Å². The summed E-state index contributed by atoms with van der Waals surface area (Å²) in [4.78, 5) is 21.1. The summed E-state index contributed by atoms with van der Waals surface area (Å²) in [6.45, 7) is 3.73. The van der Waals surface area contributed by atoms with Gasteiger partial charge in [-0.1, -0.05) is 24.6 Å². The largest absolute Gasteiger partial charge is 0.494 e. The Morgan fingerprint density at radius 2 is 1.79 bits per heavy atom. The molecule has 0 unspecified atom stereocenters. The van der Waals surface area contributed by atoms with Crippen molar-refractivity contribution in [1.82, 2.24) is 29.6 Å². The van der Waals surface area contributed by atoms with Gasteiger partial charge in [0.2, 0.25) is 16.0 Å². The van der Waals surface area contributed by atoms with Gasteiger partial charge >= 0.3 is 6.09 Å². The number of halogens is 1. The zero-order valence-corrected chi connectivity index (χ0v) is 22.8. The van der Waals surface area contributed by atoms with Crippen LogP contribution < -0.4 is 14.2 Å². The predicted molar refractivity (Wildman–Crippen MR) is 139 cm³/mol. The van der Waals surface area contributed by atoms with Crippen molar-refractivity contribution in [1.29, 1.82) is 0 Å². The highest BCUT2D eigenvalue weighted by molar-refractivity contribution is 7.93. The number of hydrogen-bond acceptors (Lipinski definition) is 9. The highest BCUT2D eigenvalue weighted by Crippen LogP contribution is 2.39. The van der Waals surface area contributed by atoms with Crippen LogP contribution in [0.2, 0.25) is 5.02 Å². The van der Waals surface area contributed by atoms with Gasteiger partial charge in [0.05, 0.1) is 24.5 Å². The Kier molecular flexibility index (Phi) is 7.92. The van der Waals surface area contributed by atoms with Gasteiger partial charge in [-0.3, -0.25) is 9.29 Å². The van der Waals surface area contributed by atoms with Crippen molar-refractivity contribution in [2.45, 2.75) is 37.4 Å². The Labute approximate surface area is 224 Å². The lowest BCUT2D eigenvalue weighted by Gasteiger charge is -2.22. The summed E-state index contributed by atoms with van der Waals surface area (Å²) in [5.74, 6) is 0.444. The van der Waals surface area contributed by atoms with Crippen LogP contribution >= 0.6 is 11.6 Å². The minimum absolute atomic E-state index is 0.0901. The molecule has 1 aliphatic heterocycles. The van der Waals surface area contributed by atoms with E-state index in [4.69, 9.17) is 21.1 Å². The van der Waals surface area contributed by atoms with Gasteiger partial charge in [-0.05, 0) is 25.5 Å². The molecule has 3 heterocycles. The molecule has 1 amide bonds. The fourth-order valence-electron chi connectivity index (χ4n) is 4.30. The summed E-state index contributed by atoms with van der Waals surface area (Å²) < 4.78 is 42.3. The second-order valence-corrected chi connectivity index (χ2v) is 11.3. The number of para-hydroxylation sites is 1. The van der Waals surface area contributed by atoms with E-state index in [1.807, 2.05) is 0 Å². The number of nitrogens with zero attached hydrogens (tertiary/aromatic N) is 6. The molecule has 1 fully saturated rings. The number of nitrogens with one attached hydrogen (secondary N) is 1. The minimum atomic E-state index is -4.05. The average Bonchev–Trinajstić information content (AvgIpc) is 3.55. The molecule has 0 radical (unpaired) electrons. The molecule has 3 atom stereocenters. The molecule has 15 heteroatoms. The Balaban J connectivity index is 1.77. The van der Waals surface area contributed by atoms with Crippen LogP contribution in [0.15, 0.2) is 30.6 Å². The number of sulfonamides is 1. The third-order valence-corrected chi connectivity index (χ3v) is 8.66. The van der Waals surface area contributed by atoms with Crippen molar-refractivity contribution in [3.63, 3.8) is 0 Å². The first kappa shape index (κ1) is 27.4. The van der Waals surface area contributed by atoms with Gasteiger partial charge in [0.1, 0.15) is 28.8 Å². The first-order valence-electron chi connectivity index (χ1n) is 11.7. The number of benzene rings is 1. The molecule has 0 aliphatic carbocycles. The summed E-state index contributed by atoms with van der Waals surface area (Å²) in [6.07, 6.45) is 2.26. The van der Waals surface area contributed by atoms with E-state index in [1.54, 1.807) is 25.1 Å². The second-order valence-electron chi connectivity index (χ2n) is 8.84. The predicted octanol–water partition coefficient (Wildman–Crippen LogP) is 3.13. The van der Waals surface area contributed by atoms with Gasteiger partial charge in [-0.15, -0.1) is 10.2 Å². The highest BCUT2D eigenvalue weighted by atomic mass is 35.5. The maximum atomic E-state index is 13.5. The van der Waals surface area contributed by atoms with E-state index in [9.17, 15) is 18.3 Å². The van der Waals surface area contributed by atoms with Crippen LogP contribution in [-0.4, -0.2) is 81.8 Å². The summed E-state index contributed by atoms with van der Waals surface area (Å²) >= 11 is 5.87. The summed E-state index contributed by atoms with van der Waals surface area (Å²) in [5, 5.41) is 17.3. The van der Waals surface area contributed by atoms with Crippen molar-refractivity contribution in [2.75, 3.05) is 32.0 Å². The van der Waals surface area contributed by atoms with Crippen molar-refractivity contribution < 1.29 is 27.8 Å². The molecule has 1 saturated heterocycles. The number of anilines is 1. The van der Waals surface area contributed by atoms with E-state index in [0.29, 0.717) is 46.8 Å². The number of carbonyl (C=O) groups is 1. The monoisotopic (exact) mass is 565 g/mol.